The fourth-order valence-corrected chi connectivity index (χ4v) is 2.21. The summed E-state index contributed by atoms with van der Waals surface area (Å²) in [7, 11) is 1.61. The number of rotatable bonds is 4. The summed E-state index contributed by atoms with van der Waals surface area (Å²) in [5.74, 6) is 0.311. The van der Waals surface area contributed by atoms with Gasteiger partial charge in [-0.2, -0.15) is 0 Å². The molecule has 2 N–H and O–H groups in total. The van der Waals surface area contributed by atoms with Gasteiger partial charge in [0.2, 0.25) is 0 Å². The molecule has 6 nitrogen and oxygen atoms in total. The highest BCUT2D eigenvalue weighted by atomic mass is 16.5. The standard InChI is InChI=1S/C15H15N3O3/c1-20-11-6-4-10(5-7-11)12(16)9-18-14-13(21-15(18)19)3-2-8-17-14/h2-8,12H,9,16H2,1H3. The fraction of sp³-hybridized carbons (Fsp3) is 0.200. The smallest absolute Gasteiger partial charge is 0.421 e. The number of nitrogens with zero attached hydrogens (tertiary/aromatic N) is 2. The SMILES string of the molecule is COc1ccc(C(N)Cn2c(=O)oc3cccnc32)cc1. The molecule has 0 amide bonds. The molecule has 21 heavy (non-hydrogen) atoms. The Morgan fingerprint density at radius 3 is 2.81 bits per heavy atom. The van der Waals surface area contributed by atoms with Crippen LogP contribution in [-0.2, 0) is 6.54 Å². The van der Waals surface area contributed by atoms with Gasteiger partial charge in [-0.05, 0) is 29.8 Å². The average molecular weight is 285 g/mol. The van der Waals surface area contributed by atoms with Crippen molar-refractivity contribution in [2.24, 2.45) is 5.73 Å². The molecule has 0 bridgehead atoms. The van der Waals surface area contributed by atoms with Gasteiger partial charge in [0.25, 0.3) is 0 Å². The van der Waals surface area contributed by atoms with Gasteiger partial charge in [-0.3, -0.25) is 4.57 Å². The molecule has 0 spiro atoms. The summed E-state index contributed by atoms with van der Waals surface area (Å²) in [5, 5.41) is 0. The number of pyridine rings is 1. The number of benzene rings is 1. The van der Waals surface area contributed by atoms with Crippen LogP contribution in [0.4, 0.5) is 0 Å². The molecule has 6 heteroatoms. The zero-order valence-corrected chi connectivity index (χ0v) is 11.5. The van der Waals surface area contributed by atoms with Gasteiger partial charge >= 0.3 is 5.76 Å². The first-order valence-corrected chi connectivity index (χ1v) is 6.53. The molecule has 2 heterocycles. The minimum absolute atomic E-state index is 0.301. The molecule has 0 aliphatic heterocycles. The lowest BCUT2D eigenvalue weighted by Crippen LogP contribution is -2.24. The van der Waals surface area contributed by atoms with E-state index < -0.39 is 5.76 Å². The van der Waals surface area contributed by atoms with Crippen LogP contribution in [0.5, 0.6) is 5.75 Å². The molecule has 1 atom stereocenters. The minimum atomic E-state index is -0.451. The van der Waals surface area contributed by atoms with E-state index in [1.165, 1.54) is 4.57 Å². The lowest BCUT2D eigenvalue weighted by molar-refractivity contribution is 0.414. The van der Waals surface area contributed by atoms with Gasteiger partial charge < -0.3 is 14.9 Å². The van der Waals surface area contributed by atoms with E-state index in [1.54, 1.807) is 25.4 Å². The Bertz CT molecular complexity index is 805. The number of oxazole rings is 1. The number of fused-ring (bicyclic) bond motifs is 1. The maximum Gasteiger partial charge on any atom is 0.421 e. The lowest BCUT2D eigenvalue weighted by atomic mass is 10.1. The molecule has 1 unspecified atom stereocenters. The van der Waals surface area contributed by atoms with Crippen molar-refractivity contribution in [2.45, 2.75) is 12.6 Å². The number of hydrogen-bond donors (Lipinski definition) is 1. The largest absolute Gasteiger partial charge is 0.497 e. The van der Waals surface area contributed by atoms with Gasteiger partial charge in [0.05, 0.1) is 13.7 Å². The van der Waals surface area contributed by atoms with Crippen LogP contribution in [0, 0.1) is 0 Å². The predicted octanol–water partition coefficient (Wildman–Crippen LogP) is 1.70. The van der Waals surface area contributed by atoms with Crippen molar-refractivity contribution >= 4 is 11.2 Å². The van der Waals surface area contributed by atoms with E-state index in [0.717, 1.165) is 11.3 Å². The Balaban J connectivity index is 1.90. The molecule has 0 radical (unpaired) electrons. The first-order valence-electron chi connectivity index (χ1n) is 6.53. The molecular formula is C15H15N3O3. The van der Waals surface area contributed by atoms with Crippen LogP contribution < -0.4 is 16.2 Å². The Kier molecular flexibility index (Phi) is 3.45. The molecule has 0 aliphatic rings. The molecule has 0 aliphatic carbocycles. The van der Waals surface area contributed by atoms with Crippen LogP contribution in [0.15, 0.2) is 51.8 Å². The summed E-state index contributed by atoms with van der Waals surface area (Å²) < 4.78 is 11.7. The summed E-state index contributed by atoms with van der Waals surface area (Å²) in [6, 6.07) is 10.5. The first-order chi connectivity index (χ1) is 10.2. The van der Waals surface area contributed by atoms with Gasteiger partial charge in [0, 0.05) is 12.2 Å². The van der Waals surface area contributed by atoms with E-state index in [9.17, 15) is 4.79 Å². The highest BCUT2D eigenvalue weighted by Gasteiger charge is 2.14. The molecule has 2 aromatic heterocycles. The highest BCUT2D eigenvalue weighted by molar-refractivity contribution is 5.67. The Morgan fingerprint density at radius 1 is 1.33 bits per heavy atom. The van der Waals surface area contributed by atoms with Crippen LogP contribution in [0.3, 0.4) is 0 Å². The number of ether oxygens (including phenoxy) is 1. The second-order valence-corrected chi connectivity index (χ2v) is 4.68. The molecule has 1 aromatic carbocycles. The molecule has 0 saturated heterocycles. The van der Waals surface area contributed by atoms with Gasteiger partial charge in [0.1, 0.15) is 5.75 Å². The van der Waals surface area contributed by atoms with E-state index in [4.69, 9.17) is 14.9 Å². The number of nitrogens with two attached hydrogens (primary N) is 1. The second-order valence-electron chi connectivity index (χ2n) is 4.68. The Labute approximate surface area is 120 Å². The fourth-order valence-electron chi connectivity index (χ4n) is 2.21. The molecule has 3 rings (SSSR count). The molecule has 108 valence electrons. The van der Waals surface area contributed by atoms with Gasteiger partial charge in [0.15, 0.2) is 11.2 Å². The van der Waals surface area contributed by atoms with Crippen molar-refractivity contribution in [2.75, 3.05) is 7.11 Å². The number of hydrogen-bond acceptors (Lipinski definition) is 5. The summed E-state index contributed by atoms with van der Waals surface area (Å²) >= 11 is 0. The van der Waals surface area contributed by atoms with Crippen LogP contribution in [0.1, 0.15) is 11.6 Å². The van der Waals surface area contributed by atoms with Gasteiger partial charge in [-0.25, -0.2) is 9.78 Å². The highest BCUT2D eigenvalue weighted by Crippen LogP contribution is 2.18. The van der Waals surface area contributed by atoms with Crippen LogP contribution in [0.25, 0.3) is 11.2 Å². The van der Waals surface area contributed by atoms with E-state index >= 15 is 0 Å². The normalized spacial score (nSPS) is 12.5. The topological polar surface area (TPSA) is 83.3 Å². The van der Waals surface area contributed by atoms with Crippen LogP contribution in [-0.4, -0.2) is 16.7 Å². The first kappa shape index (κ1) is 13.4. The Morgan fingerprint density at radius 2 is 2.10 bits per heavy atom. The van der Waals surface area contributed by atoms with Crippen molar-refractivity contribution in [1.82, 2.24) is 9.55 Å². The summed E-state index contributed by atoms with van der Waals surface area (Å²) in [4.78, 5) is 16.1. The van der Waals surface area contributed by atoms with E-state index in [2.05, 4.69) is 4.98 Å². The van der Waals surface area contributed by atoms with Crippen molar-refractivity contribution in [1.29, 1.82) is 0 Å². The molecular weight excluding hydrogens is 270 g/mol. The summed E-state index contributed by atoms with van der Waals surface area (Å²) in [6.45, 7) is 0.301. The molecule has 0 fully saturated rings. The predicted molar refractivity (Wildman–Crippen MR) is 78.2 cm³/mol. The van der Waals surface area contributed by atoms with Crippen molar-refractivity contribution in [3.63, 3.8) is 0 Å². The third-order valence-electron chi connectivity index (χ3n) is 3.35. The maximum absolute atomic E-state index is 11.9. The number of methoxy groups -OCH3 is 1. The average Bonchev–Trinajstić information content (AvgIpc) is 2.83. The molecule has 0 saturated carbocycles. The quantitative estimate of drug-likeness (QED) is 0.788. The van der Waals surface area contributed by atoms with E-state index in [0.29, 0.717) is 17.8 Å². The summed E-state index contributed by atoms with van der Waals surface area (Å²) in [6.07, 6.45) is 1.62. The van der Waals surface area contributed by atoms with Crippen molar-refractivity contribution in [3.8, 4) is 5.75 Å². The summed E-state index contributed by atoms with van der Waals surface area (Å²) in [5.41, 5.74) is 8.05. The van der Waals surface area contributed by atoms with Crippen molar-refractivity contribution in [3.05, 3.63) is 58.7 Å². The molecule has 3 aromatic rings. The zero-order valence-electron chi connectivity index (χ0n) is 11.5. The minimum Gasteiger partial charge on any atom is -0.497 e. The number of aromatic nitrogens is 2. The van der Waals surface area contributed by atoms with Gasteiger partial charge in [-0.1, -0.05) is 12.1 Å². The van der Waals surface area contributed by atoms with Gasteiger partial charge in [-0.15, -0.1) is 0 Å². The third-order valence-corrected chi connectivity index (χ3v) is 3.35. The Hall–Kier alpha value is -2.60. The van der Waals surface area contributed by atoms with Crippen LogP contribution >= 0.6 is 0 Å². The van der Waals surface area contributed by atoms with Crippen molar-refractivity contribution < 1.29 is 9.15 Å². The second kappa shape index (κ2) is 5.41. The van der Waals surface area contributed by atoms with E-state index in [1.807, 2.05) is 24.3 Å². The van der Waals surface area contributed by atoms with Crippen LogP contribution in [0.2, 0.25) is 0 Å². The third kappa shape index (κ3) is 2.53. The lowest BCUT2D eigenvalue weighted by Gasteiger charge is -2.12. The zero-order chi connectivity index (χ0) is 14.8. The maximum atomic E-state index is 11.9. The monoisotopic (exact) mass is 285 g/mol. The van der Waals surface area contributed by atoms with E-state index in [-0.39, 0.29) is 6.04 Å².